The molecule has 132 valence electrons. The van der Waals surface area contributed by atoms with Gasteiger partial charge < -0.3 is 9.42 Å². The lowest BCUT2D eigenvalue weighted by atomic mass is 10.2. The molecule has 1 aliphatic heterocycles. The number of carbonyl (C=O) groups excluding carboxylic acids is 1. The summed E-state index contributed by atoms with van der Waals surface area (Å²) in [6, 6.07) is 15.5. The van der Waals surface area contributed by atoms with E-state index >= 15 is 0 Å². The molecule has 0 N–H and O–H groups in total. The maximum absolute atomic E-state index is 12.4. The molecule has 3 aromatic rings. The Kier molecular flexibility index (Phi) is 4.91. The zero-order valence-corrected chi connectivity index (χ0v) is 16.9. The van der Waals surface area contributed by atoms with E-state index < -0.39 is 0 Å². The van der Waals surface area contributed by atoms with Gasteiger partial charge in [0.05, 0.1) is 0 Å². The quantitative estimate of drug-likeness (QED) is 0.524. The molecule has 1 saturated heterocycles. The van der Waals surface area contributed by atoms with Crippen LogP contribution in [-0.4, -0.2) is 20.9 Å². The van der Waals surface area contributed by atoms with Gasteiger partial charge in [-0.15, -0.1) is 0 Å². The number of aromatic nitrogens is 2. The second-order valence-corrected chi connectivity index (χ2v) is 8.00. The fourth-order valence-electron chi connectivity index (χ4n) is 3.06. The summed E-state index contributed by atoms with van der Waals surface area (Å²) in [5.41, 5.74) is 1.95. The lowest BCUT2D eigenvalue weighted by Crippen LogP contribution is -2.27. The third-order valence-electron chi connectivity index (χ3n) is 4.42. The molecule has 1 amide bonds. The number of rotatable bonds is 4. The summed E-state index contributed by atoms with van der Waals surface area (Å²) in [6.45, 7) is 0.535. The summed E-state index contributed by atoms with van der Waals surface area (Å²) in [7, 11) is 0. The van der Waals surface area contributed by atoms with Crippen LogP contribution in [0.3, 0.4) is 0 Å². The molecule has 26 heavy (non-hydrogen) atoms. The second kappa shape index (κ2) is 7.32. The Bertz CT molecular complexity index is 923. The van der Waals surface area contributed by atoms with Gasteiger partial charge in [-0.05, 0) is 48.4 Å². The first-order chi connectivity index (χ1) is 12.6. The molecular weight excluding hydrogens is 462 g/mol. The molecule has 0 bridgehead atoms. The molecule has 4 rings (SSSR count). The van der Waals surface area contributed by atoms with Crippen molar-refractivity contribution >= 4 is 37.8 Å². The lowest BCUT2D eigenvalue weighted by molar-refractivity contribution is -0.129. The van der Waals surface area contributed by atoms with Gasteiger partial charge in [0, 0.05) is 27.5 Å². The Labute approximate surface area is 167 Å². The molecule has 5 nitrogen and oxygen atoms in total. The SMILES string of the molecule is O=C1CCC(c2nc(-c3ccc(Br)cc3)no2)N1Cc1ccc(Br)cc1. The van der Waals surface area contributed by atoms with E-state index in [1.807, 2.05) is 53.4 Å². The molecule has 7 heteroatoms. The average Bonchev–Trinajstić information content (AvgIpc) is 3.25. The largest absolute Gasteiger partial charge is 0.337 e. The third-order valence-corrected chi connectivity index (χ3v) is 5.48. The van der Waals surface area contributed by atoms with Gasteiger partial charge in [0.1, 0.15) is 6.04 Å². The Morgan fingerprint density at radius 1 is 1.04 bits per heavy atom. The Balaban J connectivity index is 1.57. The van der Waals surface area contributed by atoms with Crippen LogP contribution in [0, 0.1) is 0 Å². The van der Waals surface area contributed by atoms with Crippen LogP contribution in [0.1, 0.15) is 30.3 Å². The van der Waals surface area contributed by atoms with Crippen molar-refractivity contribution in [2.24, 2.45) is 0 Å². The number of amides is 1. The molecule has 1 aliphatic rings. The van der Waals surface area contributed by atoms with Gasteiger partial charge in [-0.25, -0.2) is 0 Å². The van der Waals surface area contributed by atoms with E-state index in [0.29, 0.717) is 31.1 Å². The Morgan fingerprint density at radius 3 is 2.38 bits per heavy atom. The molecule has 1 unspecified atom stereocenters. The summed E-state index contributed by atoms with van der Waals surface area (Å²) >= 11 is 6.85. The summed E-state index contributed by atoms with van der Waals surface area (Å²) in [6.07, 6.45) is 1.19. The van der Waals surface area contributed by atoms with Crippen LogP contribution >= 0.6 is 31.9 Å². The second-order valence-electron chi connectivity index (χ2n) is 6.17. The zero-order valence-electron chi connectivity index (χ0n) is 13.7. The Hall–Kier alpha value is -1.99. The predicted octanol–water partition coefficient (Wildman–Crippen LogP) is 5.13. The van der Waals surface area contributed by atoms with Crippen molar-refractivity contribution in [2.75, 3.05) is 0 Å². The molecule has 2 aromatic carbocycles. The topological polar surface area (TPSA) is 59.2 Å². The average molecular weight is 477 g/mol. The highest BCUT2D eigenvalue weighted by molar-refractivity contribution is 9.10. The number of hydrogen-bond acceptors (Lipinski definition) is 4. The van der Waals surface area contributed by atoms with Crippen LogP contribution in [0.15, 0.2) is 62.0 Å². The number of halogens is 2. The molecule has 0 aliphatic carbocycles. The van der Waals surface area contributed by atoms with Gasteiger partial charge >= 0.3 is 0 Å². The standard InChI is InChI=1S/C19H15Br2N3O2/c20-14-5-1-12(2-6-14)11-24-16(9-10-17(24)25)19-22-18(23-26-19)13-3-7-15(21)8-4-13/h1-8,16H,9-11H2. The van der Waals surface area contributed by atoms with Crippen molar-refractivity contribution in [1.29, 1.82) is 0 Å². The number of nitrogens with zero attached hydrogens (tertiary/aromatic N) is 3. The van der Waals surface area contributed by atoms with Crippen molar-refractivity contribution < 1.29 is 9.32 Å². The van der Waals surface area contributed by atoms with E-state index in [1.165, 1.54) is 0 Å². The van der Waals surface area contributed by atoms with E-state index in [2.05, 4.69) is 42.0 Å². The minimum Gasteiger partial charge on any atom is -0.337 e. The van der Waals surface area contributed by atoms with Gasteiger partial charge in [-0.3, -0.25) is 4.79 Å². The van der Waals surface area contributed by atoms with E-state index in [0.717, 1.165) is 20.1 Å². The molecule has 0 saturated carbocycles. The predicted molar refractivity (Wildman–Crippen MR) is 104 cm³/mol. The van der Waals surface area contributed by atoms with Crippen molar-refractivity contribution in [3.05, 3.63) is 68.9 Å². The summed E-state index contributed by atoms with van der Waals surface area (Å²) in [4.78, 5) is 18.7. The van der Waals surface area contributed by atoms with Crippen LogP contribution < -0.4 is 0 Å². The van der Waals surface area contributed by atoms with Crippen molar-refractivity contribution in [3.8, 4) is 11.4 Å². The number of carbonyl (C=O) groups is 1. The number of hydrogen-bond donors (Lipinski definition) is 0. The van der Waals surface area contributed by atoms with E-state index in [-0.39, 0.29) is 11.9 Å². The van der Waals surface area contributed by atoms with Gasteiger partial charge in [0.2, 0.25) is 17.6 Å². The highest BCUT2D eigenvalue weighted by Gasteiger charge is 2.36. The third kappa shape index (κ3) is 3.59. The van der Waals surface area contributed by atoms with Gasteiger partial charge in [0.25, 0.3) is 0 Å². The lowest BCUT2D eigenvalue weighted by Gasteiger charge is -2.22. The molecule has 2 heterocycles. The minimum absolute atomic E-state index is 0.112. The first-order valence-electron chi connectivity index (χ1n) is 8.23. The van der Waals surface area contributed by atoms with Crippen LogP contribution in [0.4, 0.5) is 0 Å². The van der Waals surface area contributed by atoms with Crippen molar-refractivity contribution in [3.63, 3.8) is 0 Å². The molecule has 1 aromatic heterocycles. The fraction of sp³-hybridized carbons (Fsp3) is 0.211. The fourth-order valence-corrected chi connectivity index (χ4v) is 3.59. The van der Waals surface area contributed by atoms with Crippen molar-refractivity contribution in [2.45, 2.75) is 25.4 Å². The van der Waals surface area contributed by atoms with Crippen LogP contribution in [-0.2, 0) is 11.3 Å². The van der Waals surface area contributed by atoms with E-state index in [9.17, 15) is 4.79 Å². The molecule has 1 atom stereocenters. The summed E-state index contributed by atoms with van der Waals surface area (Å²) < 4.78 is 7.50. The highest BCUT2D eigenvalue weighted by atomic mass is 79.9. The first kappa shape index (κ1) is 17.4. The van der Waals surface area contributed by atoms with E-state index in [4.69, 9.17) is 4.52 Å². The normalized spacial score (nSPS) is 17.1. The maximum atomic E-state index is 12.4. The molecule has 0 spiro atoms. The molecule has 1 fully saturated rings. The van der Waals surface area contributed by atoms with Gasteiger partial charge in [-0.1, -0.05) is 49.1 Å². The zero-order chi connectivity index (χ0) is 18.1. The van der Waals surface area contributed by atoms with Crippen LogP contribution in [0.25, 0.3) is 11.4 Å². The van der Waals surface area contributed by atoms with E-state index in [1.54, 1.807) is 0 Å². The monoisotopic (exact) mass is 475 g/mol. The smallest absolute Gasteiger partial charge is 0.249 e. The maximum Gasteiger partial charge on any atom is 0.249 e. The van der Waals surface area contributed by atoms with Crippen molar-refractivity contribution in [1.82, 2.24) is 15.0 Å². The van der Waals surface area contributed by atoms with Gasteiger partial charge in [-0.2, -0.15) is 4.98 Å². The highest BCUT2D eigenvalue weighted by Crippen LogP contribution is 2.34. The summed E-state index contributed by atoms with van der Waals surface area (Å²) in [5, 5.41) is 4.09. The van der Waals surface area contributed by atoms with Crippen LogP contribution in [0.5, 0.6) is 0 Å². The minimum atomic E-state index is -0.178. The van der Waals surface area contributed by atoms with Crippen LogP contribution in [0.2, 0.25) is 0 Å². The number of benzene rings is 2. The number of likely N-dealkylation sites (tertiary alicyclic amines) is 1. The molecular formula is C19H15Br2N3O2. The molecule has 0 radical (unpaired) electrons. The Morgan fingerprint density at radius 2 is 1.69 bits per heavy atom. The first-order valence-corrected chi connectivity index (χ1v) is 9.82. The van der Waals surface area contributed by atoms with Gasteiger partial charge in [0.15, 0.2) is 0 Å². The summed E-state index contributed by atoms with van der Waals surface area (Å²) in [5.74, 6) is 1.14.